The molecule has 0 radical (unpaired) electrons. The van der Waals surface area contributed by atoms with E-state index in [0.717, 1.165) is 5.56 Å². The van der Waals surface area contributed by atoms with Gasteiger partial charge in [0.25, 0.3) is 5.91 Å². The fourth-order valence-corrected chi connectivity index (χ4v) is 3.31. The molecule has 0 atom stereocenters. The van der Waals surface area contributed by atoms with Gasteiger partial charge in [-0.1, -0.05) is 41.6 Å². The van der Waals surface area contributed by atoms with E-state index in [1.165, 1.54) is 27.0 Å². The Bertz CT molecular complexity index is 1270. The minimum absolute atomic E-state index is 0.105. The van der Waals surface area contributed by atoms with Gasteiger partial charge in [-0.15, -0.1) is 5.10 Å². The van der Waals surface area contributed by atoms with Gasteiger partial charge >= 0.3 is 5.69 Å². The molecule has 0 aliphatic rings. The fourth-order valence-electron chi connectivity index (χ4n) is 2.79. The summed E-state index contributed by atoms with van der Waals surface area (Å²) >= 11 is 7.39. The van der Waals surface area contributed by atoms with Crippen LogP contribution in [-0.4, -0.2) is 36.3 Å². The largest absolute Gasteiger partial charge is 0.350 e. The number of anilines is 1. The Balaban J connectivity index is 1.56. The summed E-state index contributed by atoms with van der Waals surface area (Å²) in [7, 11) is 0. The zero-order valence-electron chi connectivity index (χ0n) is 15.2. The molecule has 1 aromatic carbocycles. The number of nitrogens with zero attached hydrogens (tertiary/aromatic N) is 5. The van der Waals surface area contributed by atoms with Crippen molar-refractivity contribution in [3.05, 3.63) is 81.6 Å². The first-order valence-electron chi connectivity index (χ1n) is 8.56. The van der Waals surface area contributed by atoms with Gasteiger partial charge in [-0.25, -0.2) is 19.4 Å². The highest BCUT2D eigenvalue weighted by atomic mass is 35.5. The minimum atomic E-state index is -0.435. The maximum absolute atomic E-state index is 12.6. The molecule has 29 heavy (non-hydrogen) atoms. The number of rotatable bonds is 5. The third-order valence-corrected chi connectivity index (χ3v) is 4.96. The molecule has 10 heteroatoms. The molecule has 0 spiro atoms. The molecule has 3 heterocycles. The van der Waals surface area contributed by atoms with Gasteiger partial charge < -0.3 is 5.32 Å². The Kier molecular flexibility index (Phi) is 5.32. The lowest BCUT2D eigenvalue weighted by atomic mass is 10.2. The van der Waals surface area contributed by atoms with Gasteiger partial charge in [-0.2, -0.15) is 0 Å². The number of pyridine rings is 1. The molecule has 4 rings (SSSR count). The lowest BCUT2D eigenvalue weighted by molar-refractivity contribution is 0.102. The van der Waals surface area contributed by atoms with Crippen LogP contribution in [0, 0.1) is 0 Å². The average Bonchev–Trinajstić information content (AvgIpc) is 3.04. The summed E-state index contributed by atoms with van der Waals surface area (Å²) in [6.45, 7) is 0.273. The highest BCUT2D eigenvalue weighted by Crippen LogP contribution is 2.19. The van der Waals surface area contributed by atoms with Crippen LogP contribution in [0.15, 0.2) is 64.8 Å². The SMILES string of the molecule is CSc1ncc(Cl)c(C(=O)Nc2cccc(Cn3nc4ccccn4c3=O)c2)n1. The van der Waals surface area contributed by atoms with Crippen LogP contribution < -0.4 is 11.0 Å². The molecule has 0 unspecified atom stereocenters. The number of nitrogens with one attached hydrogen (secondary N) is 1. The van der Waals surface area contributed by atoms with Crippen molar-refractivity contribution in [2.45, 2.75) is 11.7 Å². The van der Waals surface area contributed by atoms with Gasteiger partial charge in [0.05, 0.1) is 17.8 Å². The number of hydrogen-bond acceptors (Lipinski definition) is 6. The maximum Gasteiger partial charge on any atom is 0.350 e. The Hall–Kier alpha value is -3.17. The molecule has 0 fully saturated rings. The van der Waals surface area contributed by atoms with Crippen LogP contribution in [0.2, 0.25) is 5.02 Å². The first-order chi connectivity index (χ1) is 14.0. The summed E-state index contributed by atoms with van der Waals surface area (Å²) in [6.07, 6.45) is 4.89. The molecule has 1 amide bonds. The van der Waals surface area contributed by atoms with Crippen LogP contribution in [0.4, 0.5) is 5.69 Å². The molecule has 0 bridgehead atoms. The molecule has 0 aliphatic carbocycles. The summed E-state index contributed by atoms with van der Waals surface area (Å²) < 4.78 is 2.86. The van der Waals surface area contributed by atoms with Crippen molar-refractivity contribution < 1.29 is 4.79 Å². The first-order valence-corrected chi connectivity index (χ1v) is 10.2. The summed E-state index contributed by atoms with van der Waals surface area (Å²) in [5.74, 6) is -0.435. The summed E-state index contributed by atoms with van der Waals surface area (Å²) in [4.78, 5) is 33.2. The van der Waals surface area contributed by atoms with E-state index in [1.54, 1.807) is 36.5 Å². The van der Waals surface area contributed by atoms with E-state index in [1.807, 2.05) is 18.4 Å². The van der Waals surface area contributed by atoms with E-state index >= 15 is 0 Å². The number of amides is 1. The summed E-state index contributed by atoms with van der Waals surface area (Å²) in [5.41, 5.74) is 1.82. The zero-order chi connectivity index (χ0) is 20.4. The van der Waals surface area contributed by atoms with E-state index in [0.29, 0.717) is 16.5 Å². The van der Waals surface area contributed by atoms with Gasteiger partial charge in [0.15, 0.2) is 16.5 Å². The van der Waals surface area contributed by atoms with Gasteiger partial charge in [0, 0.05) is 11.9 Å². The Labute approximate surface area is 174 Å². The number of thioether (sulfide) groups is 1. The number of hydrogen-bond donors (Lipinski definition) is 1. The minimum Gasteiger partial charge on any atom is -0.321 e. The summed E-state index contributed by atoms with van der Waals surface area (Å²) in [5, 5.41) is 7.73. The van der Waals surface area contributed by atoms with Gasteiger partial charge in [0.2, 0.25) is 0 Å². The van der Waals surface area contributed by atoms with Crippen molar-refractivity contribution in [1.82, 2.24) is 24.1 Å². The van der Waals surface area contributed by atoms with E-state index in [9.17, 15) is 9.59 Å². The Morgan fingerprint density at radius 1 is 1.24 bits per heavy atom. The molecular weight excluding hydrogens is 412 g/mol. The second-order valence-electron chi connectivity index (χ2n) is 6.08. The molecule has 4 aromatic rings. The molecule has 0 aliphatic heterocycles. The molecule has 3 aromatic heterocycles. The number of halogens is 1. The average molecular weight is 427 g/mol. The normalized spacial score (nSPS) is 11.0. The van der Waals surface area contributed by atoms with Crippen molar-refractivity contribution in [3.8, 4) is 0 Å². The van der Waals surface area contributed by atoms with E-state index in [2.05, 4.69) is 20.4 Å². The third-order valence-electron chi connectivity index (χ3n) is 4.13. The number of benzene rings is 1. The molecule has 0 saturated heterocycles. The quantitative estimate of drug-likeness (QED) is 0.389. The molecule has 8 nitrogen and oxygen atoms in total. The van der Waals surface area contributed by atoms with Crippen molar-refractivity contribution in [3.63, 3.8) is 0 Å². The number of aromatic nitrogens is 5. The Morgan fingerprint density at radius 2 is 2.10 bits per heavy atom. The lowest BCUT2D eigenvalue weighted by Gasteiger charge is -2.08. The zero-order valence-corrected chi connectivity index (χ0v) is 16.8. The van der Waals surface area contributed by atoms with Crippen LogP contribution in [0.5, 0.6) is 0 Å². The highest BCUT2D eigenvalue weighted by Gasteiger charge is 2.15. The molecule has 0 saturated carbocycles. The first kappa shape index (κ1) is 19.2. The molecular formula is C19H15ClN6O2S. The van der Waals surface area contributed by atoms with Crippen LogP contribution in [0.1, 0.15) is 16.1 Å². The van der Waals surface area contributed by atoms with Crippen LogP contribution in [0.25, 0.3) is 5.65 Å². The number of carbonyl (C=O) groups is 1. The number of carbonyl (C=O) groups excluding carboxylic acids is 1. The van der Waals surface area contributed by atoms with E-state index < -0.39 is 5.91 Å². The van der Waals surface area contributed by atoms with Crippen molar-refractivity contribution in [2.24, 2.45) is 0 Å². The van der Waals surface area contributed by atoms with E-state index in [-0.39, 0.29) is 23.0 Å². The molecule has 1 N–H and O–H groups in total. The van der Waals surface area contributed by atoms with Crippen molar-refractivity contribution in [1.29, 1.82) is 0 Å². The highest BCUT2D eigenvalue weighted by molar-refractivity contribution is 7.98. The van der Waals surface area contributed by atoms with Crippen LogP contribution in [0.3, 0.4) is 0 Å². The summed E-state index contributed by atoms with van der Waals surface area (Å²) in [6, 6.07) is 12.5. The van der Waals surface area contributed by atoms with Crippen molar-refractivity contribution in [2.75, 3.05) is 11.6 Å². The Morgan fingerprint density at radius 3 is 2.90 bits per heavy atom. The standard InChI is InChI=1S/C19H15ClN6O2S/c1-29-18-21-10-14(20)16(23-18)17(27)22-13-6-4-5-12(9-13)11-26-19(28)25-8-3-2-7-15(25)24-26/h2-10H,11H2,1H3,(H,22,27). The predicted molar refractivity (Wildman–Crippen MR) is 112 cm³/mol. The van der Waals surface area contributed by atoms with Crippen molar-refractivity contribution >= 4 is 40.6 Å². The third kappa shape index (κ3) is 4.01. The predicted octanol–water partition coefficient (Wildman–Crippen LogP) is 2.96. The second kappa shape index (κ2) is 8.06. The monoisotopic (exact) mass is 426 g/mol. The van der Waals surface area contributed by atoms with Crippen LogP contribution >= 0.6 is 23.4 Å². The maximum atomic E-state index is 12.6. The fraction of sp³-hybridized carbons (Fsp3) is 0.105. The second-order valence-corrected chi connectivity index (χ2v) is 7.26. The smallest absolute Gasteiger partial charge is 0.321 e. The molecule has 146 valence electrons. The van der Waals surface area contributed by atoms with Gasteiger partial charge in [-0.05, 0) is 36.1 Å². The van der Waals surface area contributed by atoms with Crippen LogP contribution in [-0.2, 0) is 6.54 Å². The topological polar surface area (TPSA) is 94.2 Å². The van der Waals surface area contributed by atoms with Gasteiger partial charge in [-0.3, -0.25) is 9.20 Å². The number of fused-ring (bicyclic) bond motifs is 1. The van der Waals surface area contributed by atoms with E-state index in [4.69, 9.17) is 11.6 Å². The lowest BCUT2D eigenvalue weighted by Crippen LogP contribution is -2.21. The van der Waals surface area contributed by atoms with Gasteiger partial charge in [0.1, 0.15) is 0 Å².